The maximum atomic E-state index is 12.1. The van der Waals surface area contributed by atoms with Crippen LogP contribution < -0.4 is 10.1 Å². The van der Waals surface area contributed by atoms with Crippen LogP contribution in [0.4, 0.5) is 4.79 Å². The molecule has 3 N–H and O–H groups in total. The molecule has 0 aromatic heterocycles. The lowest BCUT2D eigenvalue weighted by atomic mass is 9.95. The normalized spacial score (nSPS) is 19.5. The monoisotopic (exact) mass is 486 g/mol. The number of amides is 2. The topological polar surface area (TPSA) is 99.1 Å². The number of aryl methyl sites for hydroxylation is 2. The van der Waals surface area contributed by atoms with Gasteiger partial charge in [0.2, 0.25) is 0 Å². The smallest absolute Gasteiger partial charge is 0.344 e. The first-order chi connectivity index (χ1) is 16.6. The third-order valence-electron chi connectivity index (χ3n) is 5.75. The van der Waals surface area contributed by atoms with Gasteiger partial charge in [-0.1, -0.05) is 76.1 Å². The molecule has 0 spiro atoms. The molecule has 2 aromatic rings. The van der Waals surface area contributed by atoms with E-state index in [2.05, 4.69) is 31.3 Å². The number of benzene rings is 2. The van der Waals surface area contributed by atoms with E-state index in [0.29, 0.717) is 12.3 Å². The van der Waals surface area contributed by atoms with Crippen molar-refractivity contribution >= 4 is 12.0 Å². The van der Waals surface area contributed by atoms with Gasteiger partial charge in [0.15, 0.2) is 12.3 Å². The zero-order valence-corrected chi connectivity index (χ0v) is 22.2. The van der Waals surface area contributed by atoms with Gasteiger partial charge < -0.3 is 20.3 Å². The predicted octanol–water partition coefficient (Wildman–Crippen LogP) is 5.52. The van der Waals surface area contributed by atoms with Gasteiger partial charge in [0.05, 0.1) is 12.1 Å². The van der Waals surface area contributed by atoms with Gasteiger partial charge >= 0.3 is 12.0 Å². The standard InChI is InChI=1S/C16H24N2O2.C10H12O3.C2H6/c1-4-10-16(3)14(19)18(15(20)17-16)11-13-8-6-12(5-2)7-9-13;1-7-3-5-9(6-4-7)13-8(2)10(11)12;1-2/h6-9,14,19H,4-5,10-11H2,1-3H3,(H,17,20);3-6,8H,1-2H3,(H,11,12);1-2H3. The second-order valence-electron chi connectivity index (χ2n) is 8.68. The third-order valence-corrected chi connectivity index (χ3v) is 5.75. The molecule has 0 saturated carbocycles. The Morgan fingerprint density at radius 1 is 1.09 bits per heavy atom. The number of aliphatic hydroxyl groups excluding tert-OH is 1. The van der Waals surface area contributed by atoms with Crippen LogP contribution in [0.1, 0.15) is 71.1 Å². The molecular weight excluding hydrogens is 444 g/mol. The predicted molar refractivity (Wildman–Crippen MR) is 139 cm³/mol. The minimum Gasteiger partial charge on any atom is -0.479 e. The van der Waals surface area contributed by atoms with Crippen LogP contribution in [0.3, 0.4) is 0 Å². The number of hydrogen-bond acceptors (Lipinski definition) is 4. The van der Waals surface area contributed by atoms with Crippen molar-refractivity contribution in [3.8, 4) is 5.75 Å². The van der Waals surface area contributed by atoms with E-state index < -0.39 is 23.8 Å². The average Bonchev–Trinajstić information content (AvgIpc) is 3.05. The molecule has 1 fully saturated rings. The van der Waals surface area contributed by atoms with Crippen molar-refractivity contribution in [3.63, 3.8) is 0 Å². The molecule has 3 unspecified atom stereocenters. The summed E-state index contributed by atoms with van der Waals surface area (Å²) < 4.78 is 5.13. The highest BCUT2D eigenvalue weighted by Gasteiger charge is 2.46. The van der Waals surface area contributed by atoms with Gasteiger partial charge in [-0.05, 0) is 56.9 Å². The molecule has 3 atom stereocenters. The van der Waals surface area contributed by atoms with Crippen LogP contribution in [0.25, 0.3) is 0 Å². The van der Waals surface area contributed by atoms with Crippen LogP contribution in [0.2, 0.25) is 0 Å². The number of carbonyl (C=O) groups excluding carboxylic acids is 1. The van der Waals surface area contributed by atoms with Crippen molar-refractivity contribution in [1.29, 1.82) is 0 Å². The molecule has 7 nitrogen and oxygen atoms in total. The van der Waals surface area contributed by atoms with Crippen LogP contribution in [0, 0.1) is 6.92 Å². The maximum absolute atomic E-state index is 12.1. The van der Waals surface area contributed by atoms with Gasteiger partial charge in [-0.3, -0.25) is 4.90 Å². The quantitative estimate of drug-likeness (QED) is 0.456. The van der Waals surface area contributed by atoms with E-state index in [1.165, 1.54) is 17.4 Å². The molecule has 0 aliphatic carbocycles. The van der Waals surface area contributed by atoms with Crippen molar-refractivity contribution in [2.75, 3.05) is 0 Å². The van der Waals surface area contributed by atoms with Crippen LogP contribution in [0.15, 0.2) is 48.5 Å². The Bertz CT molecular complexity index is 914. The molecule has 3 rings (SSSR count). The number of ether oxygens (including phenoxy) is 1. The van der Waals surface area contributed by atoms with Crippen molar-refractivity contribution < 1.29 is 24.5 Å². The molecule has 0 radical (unpaired) electrons. The van der Waals surface area contributed by atoms with Gasteiger partial charge in [-0.25, -0.2) is 9.59 Å². The summed E-state index contributed by atoms with van der Waals surface area (Å²) in [7, 11) is 0. The minimum absolute atomic E-state index is 0.187. The molecule has 2 amide bonds. The number of hydrogen-bond donors (Lipinski definition) is 3. The molecule has 1 heterocycles. The summed E-state index contributed by atoms with van der Waals surface area (Å²) >= 11 is 0. The van der Waals surface area contributed by atoms with Gasteiger partial charge in [0, 0.05) is 0 Å². The van der Waals surface area contributed by atoms with Gasteiger partial charge in [0.1, 0.15) is 5.75 Å². The Balaban J connectivity index is 0.000000354. The van der Waals surface area contributed by atoms with E-state index in [4.69, 9.17) is 9.84 Å². The lowest BCUT2D eigenvalue weighted by Gasteiger charge is -2.29. The molecule has 0 bridgehead atoms. The lowest BCUT2D eigenvalue weighted by Crippen LogP contribution is -2.47. The average molecular weight is 487 g/mol. The largest absolute Gasteiger partial charge is 0.479 e. The molecule has 1 saturated heterocycles. The number of rotatable bonds is 8. The van der Waals surface area contributed by atoms with E-state index in [0.717, 1.165) is 30.4 Å². The van der Waals surface area contributed by atoms with E-state index in [1.807, 2.05) is 52.0 Å². The SMILES string of the molecule is CC.CCCC1(C)NC(=O)N(Cc2ccc(CC)cc2)C1O.Cc1ccc(OC(C)C(=O)O)cc1. The molecule has 1 aliphatic heterocycles. The van der Waals surface area contributed by atoms with E-state index in [9.17, 15) is 14.7 Å². The number of nitrogens with zero attached hydrogens (tertiary/aromatic N) is 1. The number of carboxylic acid groups (broad SMARTS) is 1. The van der Waals surface area contributed by atoms with Gasteiger partial charge in [-0.2, -0.15) is 0 Å². The number of urea groups is 1. The zero-order valence-electron chi connectivity index (χ0n) is 22.2. The molecule has 1 aliphatic rings. The molecule has 194 valence electrons. The summed E-state index contributed by atoms with van der Waals surface area (Å²) in [5, 5.41) is 21.9. The Morgan fingerprint density at radius 2 is 1.63 bits per heavy atom. The maximum Gasteiger partial charge on any atom is 0.344 e. The highest BCUT2D eigenvalue weighted by molar-refractivity contribution is 5.78. The molecule has 2 aromatic carbocycles. The number of aliphatic carboxylic acids is 1. The van der Waals surface area contributed by atoms with Crippen LogP contribution in [-0.2, 0) is 17.8 Å². The highest BCUT2D eigenvalue weighted by Crippen LogP contribution is 2.28. The van der Waals surface area contributed by atoms with Crippen molar-refractivity contribution in [1.82, 2.24) is 10.2 Å². The van der Waals surface area contributed by atoms with Crippen LogP contribution in [-0.4, -0.2) is 45.0 Å². The zero-order chi connectivity index (χ0) is 26.6. The van der Waals surface area contributed by atoms with E-state index >= 15 is 0 Å². The second-order valence-corrected chi connectivity index (χ2v) is 8.68. The number of aliphatic hydroxyl groups is 1. The summed E-state index contributed by atoms with van der Waals surface area (Å²) in [6, 6.07) is 15.3. The van der Waals surface area contributed by atoms with E-state index in [1.54, 1.807) is 12.1 Å². The molecular formula is C28H42N2O5. The number of nitrogens with one attached hydrogen (secondary N) is 1. The van der Waals surface area contributed by atoms with Crippen molar-refractivity contribution in [3.05, 3.63) is 65.2 Å². The van der Waals surface area contributed by atoms with Gasteiger partial charge in [-0.15, -0.1) is 0 Å². The lowest BCUT2D eigenvalue weighted by molar-refractivity contribution is -0.144. The first-order valence-electron chi connectivity index (χ1n) is 12.4. The first kappa shape index (κ1) is 30.0. The molecule has 35 heavy (non-hydrogen) atoms. The van der Waals surface area contributed by atoms with Crippen LogP contribution in [0.5, 0.6) is 5.75 Å². The fraction of sp³-hybridized carbons (Fsp3) is 0.500. The Morgan fingerprint density at radius 3 is 2.11 bits per heavy atom. The minimum atomic E-state index is -0.958. The Labute approximate surface area is 210 Å². The molecule has 7 heteroatoms. The Hall–Kier alpha value is -3.06. The van der Waals surface area contributed by atoms with Crippen molar-refractivity contribution in [2.45, 2.75) is 92.1 Å². The Kier molecular flexibility index (Phi) is 12.3. The van der Waals surface area contributed by atoms with Gasteiger partial charge in [0.25, 0.3) is 0 Å². The summed E-state index contributed by atoms with van der Waals surface area (Å²) in [5.41, 5.74) is 2.89. The highest BCUT2D eigenvalue weighted by atomic mass is 16.5. The number of carboxylic acids is 1. The number of carbonyl (C=O) groups is 2. The van der Waals surface area contributed by atoms with Crippen LogP contribution >= 0.6 is 0 Å². The summed E-state index contributed by atoms with van der Waals surface area (Å²) in [5.74, 6) is -0.374. The summed E-state index contributed by atoms with van der Waals surface area (Å²) in [6.45, 7) is 14.0. The summed E-state index contributed by atoms with van der Waals surface area (Å²) in [6.07, 6.45) is 1.11. The van der Waals surface area contributed by atoms with Crippen molar-refractivity contribution in [2.24, 2.45) is 0 Å². The first-order valence-corrected chi connectivity index (χ1v) is 12.4. The fourth-order valence-electron chi connectivity index (χ4n) is 3.65. The second kappa shape index (κ2) is 14.4. The fourth-order valence-corrected chi connectivity index (χ4v) is 3.65. The third kappa shape index (κ3) is 8.91. The summed E-state index contributed by atoms with van der Waals surface area (Å²) in [4.78, 5) is 24.0. The van der Waals surface area contributed by atoms with E-state index in [-0.39, 0.29) is 6.03 Å².